The number of nitrogens with zero attached hydrogens (tertiary/aromatic N) is 1. The summed E-state index contributed by atoms with van der Waals surface area (Å²) in [5.41, 5.74) is 7.20. The van der Waals surface area contributed by atoms with Crippen LogP contribution in [0.3, 0.4) is 0 Å². The molecule has 1 saturated heterocycles. The monoisotopic (exact) mass is 327 g/mol. The minimum absolute atomic E-state index is 0.0143. The second kappa shape index (κ2) is 8.22. The molecular formula is C15H22ClN3O3. The summed E-state index contributed by atoms with van der Waals surface area (Å²) in [7, 11) is 1.56. The number of hydrogen-bond acceptors (Lipinski definition) is 5. The van der Waals surface area contributed by atoms with Crippen LogP contribution >= 0.6 is 11.6 Å². The maximum absolute atomic E-state index is 11.9. The Morgan fingerprint density at radius 3 is 2.86 bits per heavy atom. The Balaban J connectivity index is 1.79. The first-order chi connectivity index (χ1) is 10.6. The predicted molar refractivity (Wildman–Crippen MR) is 86.4 cm³/mol. The van der Waals surface area contributed by atoms with E-state index in [-0.39, 0.29) is 5.91 Å². The molecule has 122 valence electrons. The summed E-state index contributed by atoms with van der Waals surface area (Å²) in [6, 6.07) is 3.48. The van der Waals surface area contributed by atoms with Gasteiger partial charge in [-0.05, 0) is 24.1 Å². The van der Waals surface area contributed by atoms with Crippen LogP contribution in [0.2, 0.25) is 5.02 Å². The number of nitrogens with one attached hydrogen (secondary N) is 1. The van der Waals surface area contributed by atoms with E-state index < -0.39 is 0 Å². The van der Waals surface area contributed by atoms with Crippen molar-refractivity contribution in [1.82, 2.24) is 10.2 Å². The fourth-order valence-electron chi connectivity index (χ4n) is 2.33. The molecular weight excluding hydrogens is 306 g/mol. The Bertz CT molecular complexity index is 519. The number of amides is 1. The quantitative estimate of drug-likeness (QED) is 0.760. The van der Waals surface area contributed by atoms with Crippen molar-refractivity contribution in [2.45, 2.75) is 6.42 Å². The molecule has 1 aliphatic rings. The van der Waals surface area contributed by atoms with E-state index in [2.05, 4.69) is 10.2 Å². The molecule has 0 saturated carbocycles. The van der Waals surface area contributed by atoms with E-state index in [4.69, 9.17) is 26.8 Å². The van der Waals surface area contributed by atoms with Crippen LogP contribution in [-0.4, -0.2) is 57.3 Å². The lowest BCUT2D eigenvalue weighted by Crippen LogP contribution is -2.43. The highest BCUT2D eigenvalue weighted by atomic mass is 35.5. The van der Waals surface area contributed by atoms with Crippen molar-refractivity contribution in [3.63, 3.8) is 0 Å². The first kappa shape index (κ1) is 16.9. The van der Waals surface area contributed by atoms with E-state index in [0.29, 0.717) is 49.2 Å². The van der Waals surface area contributed by atoms with E-state index in [9.17, 15) is 4.79 Å². The molecule has 1 heterocycles. The molecule has 0 atom stereocenters. The van der Waals surface area contributed by atoms with Crippen LogP contribution in [0.15, 0.2) is 12.1 Å². The molecule has 1 aromatic rings. The lowest BCUT2D eigenvalue weighted by molar-refractivity contribution is -0.123. The Kier molecular flexibility index (Phi) is 6.30. The Morgan fingerprint density at radius 1 is 1.45 bits per heavy atom. The van der Waals surface area contributed by atoms with Crippen LogP contribution in [0, 0.1) is 0 Å². The van der Waals surface area contributed by atoms with Gasteiger partial charge >= 0.3 is 0 Å². The van der Waals surface area contributed by atoms with E-state index in [0.717, 1.165) is 18.7 Å². The first-order valence-electron chi connectivity index (χ1n) is 7.29. The van der Waals surface area contributed by atoms with E-state index in [1.54, 1.807) is 13.2 Å². The van der Waals surface area contributed by atoms with Gasteiger partial charge in [-0.2, -0.15) is 0 Å². The van der Waals surface area contributed by atoms with E-state index >= 15 is 0 Å². The molecule has 0 unspecified atom stereocenters. The molecule has 0 bridgehead atoms. The molecule has 2 rings (SSSR count). The Labute approximate surface area is 135 Å². The van der Waals surface area contributed by atoms with E-state index in [1.165, 1.54) is 0 Å². The van der Waals surface area contributed by atoms with Crippen molar-refractivity contribution in [2.24, 2.45) is 0 Å². The van der Waals surface area contributed by atoms with Gasteiger partial charge < -0.3 is 20.5 Å². The van der Waals surface area contributed by atoms with Crippen molar-refractivity contribution >= 4 is 23.2 Å². The molecule has 0 aliphatic carbocycles. The van der Waals surface area contributed by atoms with Crippen molar-refractivity contribution in [3.8, 4) is 5.75 Å². The second-order valence-corrected chi connectivity index (χ2v) is 5.58. The molecule has 0 radical (unpaired) electrons. The van der Waals surface area contributed by atoms with Crippen molar-refractivity contribution in [3.05, 3.63) is 22.7 Å². The largest absolute Gasteiger partial charge is 0.495 e. The van der Waals surface area contributed by atoms with Crippen LogP contribution < -0.4 is 15.8 Å². The normalized spacial score (nSPS) is 15.5. The number of hydrogen-bond donors (Lipinski definition) is 2. The smallest absolute Gasteiger partial charge is 0.234 e. The Morgan fingerprint density at radius 2 is 2.18 bits per heavy atom. The second-order valence-electron chi connectivity index (χ2n) is 5.17. The average molecular weight is 328 g/mol. The van der Waals surface area contributed by atoms with E-state index in [1.807, 2.05) is 6.07 Å². The number of nitrogen functional groups attached to an aromatic ring is 1. The summed E-state index contributed by atoms with van der Waals surface area (Å²) in [6.07, 6.45) is 0.629. The average Bonchev–Trinajstić information content (AvgIpc) is 2.50. The maximum Gasteiger partial charge on any atom is 0.234 e. The van der Waals surface area contributed by atoms with Gasteiger partial charge in [0.05, 0.1) is 32.6 Å². The highest BCUT2D eigenvalue weighted by molar-refractivity contribution is 6.31. The predicted octanol–water partition coefficient (Wildman–Crippen LogP) is 0.922. The summed E-state index contributed by atoms with van der Waals surface area (Å²) in [6.45, 7) is 3.91. The van der Waals surface area contributed by atoms with Gasteiger partial charge in [0.15, 0.2) is 0 Å². The third-order valence-electron chi connectivity index (χ3n) is 3.59. The van der Waals surface area contributed by atoms with Gasteiger partial charge in [0.1, 0.15) is 5.75 Å². The van der Waals surface area contributed by atoms with Gasteiger partial charge in [0.25, 0.3) is 0 Å². The SMILES string of the molecule is COc1cc(CCNC(=O)CN2CCOCC2)c(Cl)cc1N. The molecule has 0 spiro atoms. The number of halogens is 1. The third kappa shape index (κ3) is 4.76. The minimum atomic E-state index is 0.0143. The maximum atomic E-state index is 11.9. The summed E-state index contributed by atoms with van der Waals surface area (Å²) < 4.78 is 10.4. The van der Waals surface area contributed by atoms with Gasteiger partial charge in [-0.15, -0.1) is 0 Å². The number of morpholine rings is 1. The zero-order chi connectivity index (χ0) is 15.9. The number of methoxy groups -OCH3 is 1. The van der Waals surface area contributed by atoms with Gasteiger partial charge in [0.2, 0.25) is 5.91 Å². The number of benzene rings is 1. The van der Waals surface area contributed by atoms with Crippen LogP contribution in [0.1, 0.15) is 5.56 Å². The summed E-state index contributed by atoms with van der Waals surface area (Å²) >= 11 is 6.16. The van der Waals surface area contributed by atoms with Crippen LogP contribution in [0.4, 0.5) is 5.69 Å². The molecule has 1 amide bonds. The summed E-state index contributed by atoms with van der Waals surface area (Å²) in [4.78, 5) is 14.0. The topological polar surface area (TPSA) is 76.8 Å². The zero-order valence-corrected chi connectivity index (χ0v) is 13.5. The van der Waals surface area contributed by atoms with Crippen molar-refractivity contribution < 1.29 is 14.3 Å². The van der Waals surface area contributed by atoms with Gasteiger partial charge in [-0.1, -0.05) is 11.6 Å². The molecule has 1 fully saturated rings. The first-order valence-corrected chi connectivity index (χ1v) is 7.66. The minimum Gasteiger partial charge on any atom is -0.495 e. The summed E-state index contributed by atoms with van der Waals surface area (Å²) in [5, 5.41) is 3.49. The standard InChI is InChI=1S/C15H22ClN3O3/c1-21-14-8-11(12(16)9-13(14)17)2-3-18-15(20)10-19-4-6-22-7-5-19/h8-9H,2-7,10,17H2,1H3,(H,18,20). The van der Waals surface area contributed by atoms with Crippen LogP contribution in [0.5, 0.6) is 5.75 Å². The Hall–Kier alpha value is -1.50. The summed E-state index contributed by atoms with van der Waals surface area (Å²) in [5.74, 6) is 0.611. The third-order valence-corrected chi connectivity index (χ3v) is 3.94. The highest BCUT2D eigenvalue weighted by Gasteiger charge is 2.14. The van der Waals surface area contributed by atoms with Gasteiger partial charge in [0, 0.05) is 24.7 Å². The highest BCUT2D eigenvalue weighted by Crippen LogP contribution is 2.29. The van der Waals surface area contributed by atoms with Gasteiger partial charge in [-0.25, -0.2) is 0 Å². The van der Waals surface area contributed by atoms with Crippen molar-refractivity contribution in [1.29, 1.82) is 0 Å². The van der Waals surface area contributed by atoms with Gasteiger partial charge in [-0.3, -0.25) is 9.69 Å². The lowest BCUT2D eigenvalue weighted by atomic mass is 10.1. The zero-order valence-electron chi connectivity index (χ0n) is 12.7. The number of rotatable bonds is 6. The fourth-order valence-corrected chi connectivity index (χ4v) is 2.60. The number of anilines is 1. The molecule has 6 nitrogen and oxygen atoms in total. The van der Waals surface area contributed by atoms with Crippen LogP contribution in [-0.2, 0) is 16.0 Å². The number of nitrogens with two attached hydrogens (primary N) is 1. The molecule has 1 aliphatic heterocycles. The molecule has 3 N–H and O–H groups in total. The molecule has 1 aromatic carbocycles. The number of ether oxygens (including phenoxy) is 2. The van der Waals surface area contributed by atoms with Crippen LogP contribution in [0.25, 0.3) is 0 Å². The number of carbonyl (C=O) groups excluding carboxylic acids is 1. The molecule has 22 heavy (non-hydrogen) atoms. The molecule has 7 heteroatoms. The lowest BCUT2D eigenvalue weighted by Gasteiger charge is -2.25. The van der Waals surface area contributed by atoms with Crippen molar-refractivity contribution in [2.75, 3.05) is 52.2 Å². The fraction of sp³-hybridized carbons (Fsp3) is 0.533. The number of carbonyl (C=O) groups is 1. The molecule has 0 aromatic heterocycles.